The Morgan fingerprint density at radius 1 is 1.00 bits per heavy atom. The summed E-state index contributed by atoms with van der Waals surface area (Å²) in [6, 6.07) is 19.3. The van der Waals surface area contributed by atoms with Gasteiger partial charge >= 0.3 is 0 Å². The van der Waals surface area contributed by atoms with E-state index in [0.29, 0.717) is 42.5 Å². The summed E-state index contributed by atoms with van der Waals surface area (Å²) in [6.45, 7) is 4.11. The van der Waals surface area contributed by atoms with Crippen LogP contribution in [0.3, 0.4) is 0 Å². The first-order chi connectivity index (χ1) is 14.9. The summed E-state index contributed by atoms with van der Waals surface area (Å²) >= 11 is 0. The maximum atomic E-state index is 13.1. The lowest BCUT2D eigenvalue weighted by Gasteiger charge is -2.26. The number of sulfonamides is 1. The SMILES string of the molecule is Cc1ccc(-c2ccc(N(C)Cc3ccccc3)nn2)cc1S(=O)(=O)N1CCOCC1. The van der Waals surface area contributed by atoms with Crippen molar-refractivity contribution in [3.8, 4) is 11.3 Å². The van der Waals surface area contributed by atoms with E-state index in [-0.39, 0.29) is 0 Å². The summed E-state index contributed by atoms with van der Waals surface area (Å²) in [5.41, 5.74) is 3.26. The third-order valence-corrected chi connectivity index (χ3v) is 7.42. The smallest absolute Gasteiger partial charge is 0.243 e. The largest absolute Gasteiger partial charge is 0.379 e. The third kappa shape index (κ3) is 4.76. The van der Waals surface area contributed by atoms with Crippen molar-refractivity contribution in [3.05, 3.63) is 71.8 Å². The predicted octanol–water partition coefficient (Wildman–Crippen LogP) is 3.11. The van der Waals surface area contributed by atoms with Crippen LogP contribution < -0.4 is 4.90 Å². The van der Waals surface area contributed by atoms with Crippen molar-refractivity contribution in [1.82, 2.24) is 14.5 Å². The van der Waals surface area contributed by atoms with Gasteiger partial charge in [0.1, 0.15) is 0 Å². The van der Waals surface area contributed by atoms with Crippen molar-refractivity contribution >= 4 is 15.8 Å². The highest BCUT2D eigenvalue weighted by Crippen LogP contribution is 2.27. The molecule has 1 aromatic heterocycles. The van der Waals surface area contributed by atoms with Crippen LogP contribution in [0.1, 0.15) is 11.1 Å². The molecule has 0 spiro atoms. The Morgan fingerprint density at radius 3 is 2.42 bits per heavy atom. The molecular formula is C23H26N4O3S. The molecule has 1 fully saturated rings. The second-order valence-corrected chi connectivity index (χ2v) is 9.52. The van der Waals surface area contributed by atoms with Gasteiger partial charge in [-0.2, -0.15) is 4.31 Å². The highest BCUT2D eigenvalue weighted by Gasteiger charge is 2.28. The van der Waals surface area contributed by atoms with Gasteiger partial charge in [0.2, 0.25) is 10.0 Å². The van der Waals surface area contributed by atoms with Gasteiger partial charge in [-0.25, -0.2) is 8.42 Å². The highest BCUT2D eigenvalue weighted by atomic mass is 32.2. The average molecular weight is 439 g/mol. The van der Waals surface area contributed by atoms with Crippen molar-refractivity contribution < 1.29 is 13.2 Å². The van der Waals surface area contributed by atoms with Crippen LogP contribution in [0.2, 0.25) is 0 Å². The van der Waals surface area contributed by atoms with Gasteiger partial charge < -0.3 is 9.64 Å². The molecule has 2 aromatic carbocycles. The zero-order valence-electron chi connectivity index (χ0n) is 17.7. The number of anilines is 1. The van der Waals surface area contributed by atoms with Crippen LogP contribution in [0.4, 0.5) is 5.82 Å². The third-order valence-electron chi connectivity index (χ3n) is 5.38. The Hall–Kier alpha value is -2.81. The van der Waals surface area contributed by atoms with Gasteiger partial charge in [-0.05, 0) is 36.2 Å². The molecule has 0 radical (unpaired) electrons. The number of aromatic nitrogens is 2. The van der Waals surface area contributed by atoms with Gasteiger partial charge in [-0.3, -0.25) is 0 Å². The summed E-state index contributed by atoms with van der Waals surface area (Å²) in [4.78, 5) is 2.33. The van der Waals surface area contributed by atoms with E-state index in [2.05, 4.69) is 22.3 Å². The van der Waals surface area contributed by atoms with Crippen LogP contribution in [0.15, 0.2) is 65.6 Å². The molecule has 7 nitrogen and oxygen atoms in total. The molecule has 2 heterocycles. The molecule has 1 aliphatic rings. The fourth-order valence-electron chi connectivity index (χ4n) is 3.58. The number of nitrogens with zero attached hydrogens (tertiary/aromatic N) is 4. The second-order valence-electron chi connectivity index (χ2n) is 7.62. The summed E-state index contributed by atoms with van der Waals surface area (Å²) in [5, 5.41) is 8.71. The Labute approximate surface area is 183 Å². The van der Waals surface area contributed by atoms with E-state index in [1.54, 1.807) is 6.07 Å². The molecule has 0 unspecified atom stereocenters. The summed E-state index contributed by atoms with van der Waals surface area (Å²) < 4.78 is 33.0. The van der Waals surface area contributed by atoms with Crippen LogP contribution in [0, 0.1) is 6.92 Å². The minimum absolute atomic E-state index is 0.305. The van der Waals surface area contributed by atoms with E-state index in [1.165, 1.54) is 9.87 Å². The fraction of sp³-hybridized carbons (Fsp3) is 0.304. The van der Waals surface area contributed by atoms with Crippen molar-refractivity contribution in [2.75, 3.05) is 38.3 Å². The Balaban J connectivity index is 1.56. The molecule has 0 saturated carbocycles. The van der Waals surface area contributed by atoms with Gasteiger partial charge in [-0.15, -0.1) is 10.2 Å². The van der Waals surface area contributed by atoms with Gasteiger partial charge in [0.15, 0.2) is 5.82 Å². The highest BCUT2D eigenvalue weighted by molar-refractivity contribution is 7.89. The Bertz CT molecular complexity index is 1130. The lowest BCUT2D eigenvalue weighted by atomic mass is 10.1. The molecule has 0 atom stereocenters. The molecule has 0 bridgehead atoms. The first kappa shape index (κ1) is 21.4. The van der Waals surface area contributed by atoms with E-state index in [1.807, 2.05) is 61.3 Å². The number of aryl methyl sites for hydroxylation is 1. The maximum Gasteiger partial charge on any atom is 0.243 e. The van der Waals surface area contributed by atoms with Crippen molar-refractivity contribution in [1.29, 1.82) is 0 Å². The van der Waals surface area contributed by atoms with Gasteiger partial charge in [0.05, 0.1) is 23.8 Å². The van der Waals surface area contributed by atoms with E-state index in [4.69, 9.17) is 4.74 Å². The van der Waals surface area contributed by atoms with E-state index >= 15 is 0 Å². The molecule has 31 heavy (non-hydrogen) atoms. The molecule has 0 aliphatic carbocycles. The molecule has 162 valence electrons. The maximum absolute atomic E-state index is 13.1. The number of rotatable bonds is 6. The number of morpholine rings is 1. The zero-order valence-corrected chi connectivity index (χ0v) is 18.5. The van der Waals surface area contributed by atoms with E-state index < -0.39 is 10.0 Å². The monoisotopic (exact) mass is 438 g/mol. The Kier molecular flexibility index (Phi) is 6.31. The van der Waals surface area contributed by atoms with E-state index in [9.17, 15) is 8.42 Å². The molecule has 4 rings (SSSR count). The topological polar surface area (TPSA) is 75.6 Å². The van der Waals surface area contributed by atoms with E-state index in [0.717, 1.165) is 17.9 Å². The molecule has 3 aromatic rings. The molecule has 8 heteroatoms. The molecule has 0 N–H and O–H groups in total. The minimum atomic E-state index is -3.58. The molecular weight excluding hydrogens is 412 g/mol. The second kappa shape index (κ2) is 9.13. The number of hydrogen-bond donors (Lipinski definition) is 0. The lowest BCUT2D eigenvalue weighted by Crippen LogP contribution is -2.40. The first-order valence-corrected chi connectivity index (χ1v) is 11.7. The summed E-state index contributed by atoms with van der Waals surface area (Å²) in [5.74, 6) is 0.751. The molecule has 1 saturated heterocycles. The van der Waals surface area contributed by atoms with Crippen LogP contribution in [-0.4, -0.2) is 56.3 Å². The van der Waals surface area contributed by atoms with Crippen LogP contribution >= 0.6 is 0 Å². The van der Waals surface area contributed by atoms with Crippen molar-refractivity contribution in [2.24, 2.45) is 0 Å². The quantitative estimate of drug-likeness (QED) is 0.589. The molecule has 1 aliphatic heterocycles. The van der Waals surface area contributed by atoms with Crippen LogP contribution in [0.25, 0.3) is 11.3 Å². The van der Waals surface area contributed by atoms with Crippen molar-refractivity contribution in [3.63, 3.8) is 0 Å². The minimum Gasteiger partial charge on any atom is -0.379 e. The number of hydrogen-bond acceptors (Lipinski definition) is 6. The van der Waals surface area contributed by atoms with Gasteiger partial charge in [0, 0.05) is 32.2 Å². The molecule has 0 amide bonds. The zero-order chi connectivity index (χ0) is 21.8. The average Bonchev–Trinajstić information content (AvgIpc) is 2.80. The standard InChI is InChI=1S/C23H26N4O3S/c1-18-8-9-20(16-22(18)31(28,29)27-12-14-30-15-13-27)21-10-11-23(25-24-21)26(2)17-19-6-4-3-5-7-19/h3-11,16H,12-15,17H2,1-2H3. The number of benzene rings is 2. The number of ether oxygens (including phenoxy) is 1. The lowest BCUT2D eigenvalue weighted by molar-refractivity contribution is 0.0730. The predicted molar refractivity (Wildman–Crippen MR) is 120 cm³/mol. The normalized spacial score (nSPS) is 15.0. The fourth-order valence-corrected chi connectivity index (χ4v) is 5.24. The Morgan fingerprint density at radius 2 is 1.74 bits per heavy atom. The first-order valence-electron chi connectivity index (χ1n) is 10.2. The van der Waals surface area contributed by atoms with Crippen LogP contribution in [0.5, 0.6) is 0 Å². The van der Waals surface area contributed by atoms with Gasteiger partial charge in [0.25, 0.3) is 0 Å². The summed E-state index contributed by atoms with van der Waals surface area (Å²) in [7, 11) is -1.61. The van der Waals surface area contributed by atoms with Crippen molar-refractivity contribution in [2.45, 2.75) is 18.4 Å². The van der Waals surface area contributed by atoms with Gasteiger partial charge in [-0.1, -0.05) is 42.5 Å². The van der Waals surface area contributed by atoms with Crippen LogP contribution in [-0.2, 0) is 21.3 Å². The summed E-state index contributed by atoms with van der Waals surface area (Å²) in [6.07, 6.45) is 0.